The van der Waals surface area contributed by atoms with Gasteiger partial charge in [-0.3, -0.25) is 9.35 Å². The van der Waals surface area contributed by atoms with Gasteiger partial charge in [-0.05, 0) is 37.1 Å². The van der Waals surface area contributed by atoms with Crippen LogP contribution in [0.1, 0.15) is 12.8 Å². The zero-order valence-corrected chi connectivity index (χ0v) is 13.5. The molecule has 0 saturated carbocycles. The van der Waals surface area contributed by atoms with Gasteiger partial charge in [-0.2, -0.15) is 13.7 Å². The van der Waals surface area contributed by atoms with Crippen LogP contribution in [0.15, 0.2) is 40.9 Å². The maximum atomic E-state index is 12.0. The number of rotatable bonds is 6. The smallest absolute Gasteiger partial charge is 0.294 e. The molecule has 24 heavy (non-hydrogen) atoms. The zero-order valence-electron chi connectivity index (χ0n) is 12.7. The molecule has 1 aliphatic heterocycles. The van der Waals surface area contributed by atoms with Gasteiger partial charge in [0.2, 0.25) is 0 Å². The van der Waals surface area contributed by atoms with Crippen LogP contribution in [0.3, 0.4) is 0 Å². The highest BCUT2D eigenvalue weighted by Crippen LogP contribution is 2.14. The highest BCUT2D eigenvalue weighted by atomic mass is 32.2. The lowest BCUT2D eigenvalue weighted by Gasteiger charge is -2.09. The fourth-order valence-corrected chi connectivity index (χ4v) is 2.64. The summed E-state index contributed by atoms with van der Waals surface area (Å²) in [6, 6.07) is 6.72. The van der Waals surface area contributed by atoms with Crippen LogP contribution >= 0.6 is 0 Å². The van der Waals surface area contributed by atoms with Crippen LogP contribution in [0.2, 0.25) is 0 Å². The molecule has 0 spiro atoms. The topological polar surface area (TPSA) is 129 Å². The van der Waals surface area contributed by atoms with E-state index in [1.165, 1.54) is 18.3 Å². The normalized spacial score (nSPS) is 18.0. The molecule has 9 heteroatoms. The molecule has 1 fully saturated rings. The SMILES string of the molecule is N#C/C(=C/NCC1CCCO1)C(=O)Nc1ccc(S(=O)(=O)O)cc1. The number of carbonyl (C=O) groups is 1. The van der Waals surface area contributed by atoms with Crippen LogP contribution in [0, 0.1) is 11.3 Å². The first kappa shape index (κ1) is 17.9. The van der Waals surface area contributed by atoms with E-state index >= 15 is 0 Å². The minimum atomic E-state index is -4.29. The Morgan fingerprint density at radius 2 is 2.12 bits per heavy atom. The number of ether oxygens (including phenoxy) is 1. The first-order chi connectivity index (χ1) is 11.4. The Kier molecular flexibility index (Phi) is 5.92. The predicted octanol–water partition coefficient (Wildman–Crippen LogP) is 1.05. The number of nitrogens with zero attached hydrogens (tertiary/aromatic N) is 1. The predicted molar refractivity (Wildman–Crippen MR) is 85.6 cm³/mol. The van der Waals surface area contributed by atoms with E-state index < -0.39 is 16.0 Å². The van der Waals surface area contributed by atoms with Crippen LogP contribution in [0.4, 0.5) is 5.69 Å². The minimum Gasteiger partial charge on any atom is -0.387 e. The number of benzene rings is 1. The second-order valence-corrected chi connectivity index (χ2v) is 6.59. The molecule has 1 aromatic rings. The van der Waals surface area contributed by atoms with Gasteiger partial charge < -0.3 is 15.4 Å². The standard InChI is InChI=1S/C15H17N3O5S/c16-8-11(9-17-10-13-2-1-7-23-13)15(19)18-12-3-5-14(6-4-12)24(20,21)22/h3-6,9,13,17H,1-2,7,10H2,(H,18,19)(H,20,21,22)/b11-9-. The highest BCUT2D eigenvalue weighted by Gasteiger charge is 2.15. The molecule has 1 saturated heterocycles. The fourth-order valence-electron chi connectivity index (χ4n) is 2.16. The van der Waals surface area contributed by atoms with E-state index in [9.17, 15) is 13.2 Å². The van der Waals surface area contributed by atoms with Crippen LogP contribution in [-0.2, 0) is 19.6 Å². The van der Waals surface area contributed by atoms with Gasteiger partial charge in [0.05, 0.1) is 11.0 Å². The van der Waals surface area contributed by atoms with Crippen molar-refractivity contribution in [3.05, 3.63) is 36.0 Å². The summed E-state index contributed by atoms with van der Waals surface area (Å²) in [6.45, 7) is 1.24. The van der Waals surface area contributed by atoms with Crippen molar-refractivity contribution in [1.29, 1.82) is 5.26 Å². The zero-order chi connectivity index (χ0) is 17.6. The molecule has 1 aromatic carbocycles. The number of hydrogen-bond acceptors (Lipinski definition) is 6. The number of anilines is 1. The minimum absolute atomic E-state index is 0.0808. The summed E-state index contributed by atoms with van der Waals surface area (Å²) in [5.74, 6) is -0.628. The summed E-state index contributed by atoms with van der Waals surface area (Å²) < 4.78 is 36.2. The molecule has 0 aromatic heterocycles. The third kappa shape index (κ3) is 5.06. The van der Waals surface area contributed by atoms with Crippen molar-refractivity contribution in [3.8, 4) is 6.07 Å². The van der Waals surface area contributed by atoms with Crippen molar-refractivity contribution in [2.75, 3.05) is 18.5 Å². The summed E-state index contributed by atoms with van der Waals surface area (Å²) in [6.07, 6.45) is 3.34. The van der Waals surface area contributed by atoms with E-state index in [0.29, 0.717) is 12.2 Å². The van der Waals surface area contributed by atoms with Crippen molar-refractivity contribution >= 4 is 21.7 Å². The lowest BCUT2D eigenvalue weighted by molar-refractivity contribution is -0.112. The maximum absolute atomic E-state index is 12.0. The molecule has 3 N–H and O–H groups in total. The van der Waals surface area contributed by atoms with Gasteiger partial charge >= 0.3 is 0 Å². The van der Waals surface area contributed by atoms with Gasteiger partial charge in [0.15, 0.2) is 0 Å². The third-order valence-electron chi connectivity index (χ3n) is 3.39. The first-order valence-electron chi connectivity index (χ1n) is 7.24. The van der Waals surface area contributed by atoms with Crippen molar-refractivity contribution in [1.82, 2.24) is 5.32 Å². The summed E-state index contributed by atoms with van der Waals surface area (Å²) in [7, 11) is -4.29. The molecule has 0 radical (unpaired) electrons. The molecule has 2 rings (SSSR count). The molecular formula is C15H17N3O5S. The lowest BCUT2D eigenvalue weighted by atomic mass is 10.2. The number of hydrogen-bond donors (Lipinski definition) is 3. The summed E-state index contributed by atoms with van der Waals surface area (Å²) in [5.41, 5.74) is 0.180. The maximum Gasteiger partial charge on any atom is 0.294 e. The second kappa shape index (κ2) is 7.92. The van der Waals surface area contributed by atoms with Gasteiger partial charge in [0.1, 0.15) is 11.6 Å². The first-order valence-corrected chi connectivity index (χ1v) is 8.68. The monoisotopic (exact) mass is 351 g/mol. The Labute approximate surface area is 139 Å². The Balaban J connectivity index is 1.94. The van der Waals surface area contributed by atoms with E-state index in [0.717, 1.165) is 31.6 Å². The molecule has 0 aliphatic carbocycles. The Morgan fingerprint density at radius 1 is 1.42 bits per heavy atom. The quantitative estimate of drug-likeness (QED) is 0.397. The largest absolute Gasteiger partial charge is 0.387 e. The van der Waals surface area contributed by atoms with Gasteiger partial charge in [0.25, 0.3) is 16.0 Å². The van der Waals surface area contributed by atoms with E-state index in [1.54, 1.807) is 6.07 Å². The summed E-state index contributed by atoms with van der Waals surface area (Å²) >= 11 is 0. The molecule has 0 bridgehead atoms. The van der Waals surface area contributed by atoms with E-state index in [2.05, 4.69) is 10.6 Å². The number of amides is 1. The molecule has 1 aliphatic rings. The van der Waals surface area contributed by atoms with Crippen LogP contribution < -0.4 is 10.6 Å². The molecule has 8 nitrogen and oxygen atoms in total. The van der Waals surface area contributed by atoms with Gasteiger partial charge in [-0.15, -0.1) is 0 Å². The van der Waals surface area contributed by atoms with Crippen molar-refractivity contribution in [3.63, 3.8) is 0 Å². The van der Waals surface area contributed by atoms with Crippen molar-refractivity contribution in [2.24, 2.45) is 0 Å². The van der Waals surface area contributed by atoms with Gasteiger partial charge in [-0.1, -0.05) is 0 Å². The van der Waals surface area contributed by atoms with Crippen LogP contribution in [0.5, 0.6) is 0 Å². The van der Waals surface area contributed by atoms with Crippen LogP contribution in [-0.4, -0.2) is 38.1 Å². The molecule has 1 amide bonds. The van der Waals surface area contributed by atoms with Crippen LogP contribution in [0.25, 0.3) is 0 Å². The molecule has 1 atom stereocenters. The number of nitrogens with one attached hydrogen (secondary N) is 2. The highest BCUT2D eigenvalue weighted by molar-refractivity contribution is 7.85. The Morgan fingerprint density at radius 3 is 2.67 bits per heavy atom. The molecular weight excluding hydrogens is 334 g/mol. The average molecular weight is 351 g/mol. The molecule has 1 unspecified atom stereocenters. The Hall–Kier alpha value is -2.41. The number of nitriles is 1. The average Bonchev–Trinajstić information content (AvgIpc) is 3.04. The lowest BCUT2D eigenvalue weighted by Crippen LogP contribution is -2.24. The molecule has 128 valence electrons. The van der Waals surface area contributed by atoms with E-state index in [1.807, 2.05) is 0 Å². The van der Waals surface area contributed by atoms with Gasteiger partial charge in [-0.25, -0.2) is 0 Å². The summed E-state index contributed by atoms with van der Waals surface area (Å²) in [4.78, 5) is 11.7. The fraction of sp³-hybridized carbons (Fsp3) is 0.333. The van der Waals surface area contributed by atoms with E-state index in [4.69, 9.17) is 14.6 Å². The summed E-state index contributed by atoms with van der Waals surface area (Å²) in [5, 5.41) is 14.4. The van der Waals surface area contributed by atoms with E-state index in [-0.39, 0.29) is 16.6 Å². The third-order valence-corrected chi connectivity index (χ3v) is 4.26. The number of carbonyl (C=O) groups excluding carboxylic acids is 1. The Bertz CT molecular complexity index is 759. The van der Waals surface area contributed by atoms with Crippen molar-refractivity contribution in [2.45, 2.75) is 23.8 Å². The second-order valence-electron chi connectivity index (χ2n) is 5.17. The van der Waals surface area contributed by atoms with Gasteiger partial charge in [0, 0.05) is 25.0 Å². The molecule has 1 heterocycles. The van der Waals surface area contributed by atoms with Crippen molar-refractivity contribution < 1.29 is 22.5 Å².